The van der Waals surface area contributed by atoms with Crippen molar-refractivity contribution in [3.8, 4) is 5.75 Å². The standard InChI is InChI=1S/C23H19Cl2FN2O5/c1-11-22(30)28(23(31)32-11)13-2-3-17(25)20(8-13)33-21-16-6-12(24)7-18(26)15(16)9-19(21)27-5-4-14(29)10-27/h2-3,6-8,14,19,21,29H,1,4-5,9-10H2/t14-,19+,21+/m1/s1. The van der Waals surface area contributed by atoms with Gasteiger partial charge in [-0.25, -0.2) is 14.1 Å². The Balaban J connectivity index is 1.52. The number of amides is 2. The maximum absolute atomic E-state index is 14.7. The number of ether oxygens (including phenoxy) is 2. The maximum atomic E-state index is 14.7. The minimum Gasteiger partial charge on any atom is -0.482 e. The van der Waals surface area contributed by atoms with Crippen molar-refractivity contribution >= 4 is 40.9 Å². The highest BCUT2D eigenvalue weighted by Gasteiger charge is 2.43. The van der Waals surface area contributed by atoms with Crippen LogP contribution in [0.2, 0.25) is 10.0 Å². The first-order valence-corrected chi connectivity index (χ1v) is 11.1. The van der Waals surface area contributed by atoms with Gasteiger partial charge in [0.25, 0.3) is 0 Å². The monoisotopic (exact) mass is 492 g/mol. The molecule has 1 N–H and O–H groups in total. The van der Waals surface area contributed by atoms with Crippen molar-refractivity contribution in [2.45, 2.75) is 31.1 Å². The van der Waals surface area contributed by atoms with Crippen LogP contribution in [0.25, 0.3) is 0 Å². The number of rotatable bonds is 4. The van der Waals surface area contributed by atoms with Crippen molar-refractivity contribution in [3.05, 3.63) is 69.7 Å². The summed E-state index contributed by atoms with van der Waals surface area (Å²) in [6.07, 6.45) is -0.981. The fourth-order valence-corrected chi connectivity index (χ4v) is 5.01. The number of likely N-dealkylation sites (tertiary alicyclic amines) is 1. The lowest BCUT2D eigenvalue weighted by molar-refractivity contribution is -0.114. The fraction of sp³-hybridized carbons (Fsp3) is 0.304. The largest absolute Gasteiger partial charge is 0.482 e. The second-order valence-corrected chi connectivity index (χ2v) is 9.09. The second kappa shape index (κ2) is 8.29. The number of carbonyl (C=O) groups is 2. The summed E-state index contributed by atoms with van der Waals surface area (Å²) in [5, 5.41) is 10.5. The van der Waals surface area contributed by atoms with E-state index in [2.05, 4.69) is 11.5 Å². The van der Waals surface area contributed by atoms with Crippen LogP contribution in [0.15, 0.2) is 42.7 Å². The number of cyclic esters (lactones) is 1. The third-order valence-corrected chi connectivity index (χ3v) is 6.72. The molecule has 7 nitrogen and oxygen atoms in total. The van der Waals surface area contributed by atoms with Gasteiger partial charge < -0.3 is 14.6 Å². The van der Waals surface area contributed by atoms with Gasteiger partial charge in [0, 0.05) is 29.7 Å². The van der Waals surface area contributed by atoms with Crippen molar-refractivity contribution in [2.24, 2.45) is 0 Å². The van der Waals surface area contributed by atoms with Crippen molar-refractivity contribution in [1.82, 2.24) is 4.90 Å². The van der Waals surface area contributed by atoms with Gasteiger partial charge in [-0.3, -0.25) is 9.69 Å². The number of aliphatic hydroxyl groups excluding tert-OH is 1. The summed E-state index contributed by atoms with van der Waals surface area (Å²) in [5.74, 6) is -1.18. The number of fused-ring (bicyclic) bond motifs is 1. The molecule has 2 fully saturated rings. The first kappa shape index (κ1) is 22.2. The Morgan fingerprint density at radius 3 is 2.67 bits per heavy atom. The van der Waals surface area contributed by atoms with Gasteiger partial charge in [0.05, 0.1) is 22.9 Å². The molecule has 0 spiro atoms. The molecule has 1 aliphatic carbocycles. The van der Waals surface area contributed by atoms with E-state index in [0.29, 0.717) is 37.1 Å². The van der Waals surface area contributed by atoms with Crippen LogP contribution in [0.5, 0.6) is 5.75 Å². The van der Waals surface area contributed by atoms with Crippen LogP contribution in [0, 0.1) is 5.82 Å². The van der Waals surface area contributed by atoms with Gasteiger partial charge in [0.15, 0.2) is 5.76 Å². The molecule has 33 heavy (non-hydrogen) atoms. The van der Waals surface area contributed by atoms with Crippen molar-refractivity contribution in [2.75, 3.05) is 18.0 Å². The lowest BCUT2D eigenvalue weighted by atomic mass is 10.1. The molecule has 2 aromatic carbocycles. The van der Waals surface area contributed by atoms with E-state index in [9.17, 15) is 19.1 Å². The molecule has 0 bridgehead atoms. The number of carbonyl (C=O) groups excluding carboxylic acids is 2. The summed E-state index contributed by atoms with van der Waals surface area (Å²) in [7, 11) is 0. The van der Waals surface area contributed by atoms with Crippen LogP contribution in [0.4, 0.5) is 14.9 Å². The van der Waals surface area contributed by atoms with Crippen LogP contribution in [-0.4, -0.2) is 47.2 Å². The van der Waals surface area contributed by atoms with E-state index in [4.69, 9.17) is 32.7 Å². The van der Waals surface area contributed by atoms with E-state index in [1.54, 1.807) is 6.07 Å². The van der Waals surface area contributed by atoms with Crippen molar-refractivity contribution in [1.29, 1.82) is 0 Å². The summed E-state index contributed by atoms with van der Waals surface area (Å²) in [6, 6.07) is 7.11. The topological polar surface area (TPSA) is 79.3 Å². The number of β-amino-alcohol motifs (C(OH)–C–C–N with tert-alkyl or cyclic N) is 1. The van der Waals surface area contributed by atoms with Gasteiger partial charge in [-0.1, -0.05) is 23.2 Å². The normalized spacial score (nSPS) is 25.0. The summed E-state index contributed by atoms with van der Waals surface area (Å²) < 4.78 is 25.8. The summed E-state index contributed by atoms with van der Waals surface area (Å²) in [6.45, 7) is 4.50. The average molecular weight is 493 g/mol. The molecular formula is C23H19Cl2FN2O5. The first-order valence-electron chi connectivity index (χ1n) is 10.3. The number of anilines is 1. The zero-order valence-corrected chi connectivity index (χ0v) is 18.8. The molecule has 0 aromatic heterocycles. The molecule has 3 aliphatic rings. The number of nitrogens with zero attached hydrogens (tertiary/aromatic N) is 2. The van der Waals surface area contributed by atoms with E-state index in [0.717, 1.165) is 4.90 Å². The summed E-state index contributed by atoms with van der Waals surface area (Å²) in [5.41, 5.74) is 1.29. The predicted octanol–water partition coefficient (Wildman–Crippen LogP) is 4.24. The van der Waals surface area contributed by atoms with Crippen LogP contribution in [0.3, 0.4) is 0 Å². The fourth-order valence-electron chi connectivity index (χ4n) is 4.63. The van der Waals surface area contributed by atoms with Gasteiger partial charge >= 0.3 is 12.0 Å². The van der Waals surface area contributed by atoms with E-state index < -0.39 is 30.0 Å². The maximum Gasteiger partial charge on any atom is 0.427 e. The zero-order valence-electron chi connectivity index (χ0n) is 17.3. The molecule has 172 valence electrons. The molecule has 2 heterocycles. The third kappa shape index (κ3) is 3.87. The minimum atomic E-state index is -0.873. The molecule has 10 heteroatoms. The van der Waals surface area contributed by atoms with E-state index in [-0.39, 0.29) is 33.3 Å². The molecular weight excluding hydrogens is 474 g/mol. The quantitative estimate of drug-likeness (QED) is 0.643. The Morgan fingerprint density at radius 1 is 1.21 bits per heavy atom. The molecule has 2 aliphatic heterocycles. The SMILES string of the molecule is C=C1OC(=O)N(c2ccc(Cl)c(O[C@H]3c4cc(Cl)cc(F)c4C[C@@H]3N3CC[C@@H](O)C3)c2)C1=O. The molecule has 3 atom stereocenters. The Kier molecular flexibility index (Phi) is 5.56. The highest BCUT2D eigenvalue weighted by atomic mass is 35.5. The molecule has 0 unspecified atom stereocenters. The Morgan fingerprint density at radius 2 is 2.00 bits per heavy atom. The number of hydrogen-bond donors (Lipinski definition) is 1. The average Bonchev–Trinajstić information content (AvgIpc) is 3.41. The van der Waals surface area contributed by atoms with Crippen LogP contribution >= 0.6 is 23.2 Å². The number of hydrogen-bond acceptors (Lipinski definition) is 6. The minimum absolute atomic E-state index is 0.201. The number of imide groups is 1. The van der Waals surface area contributed by atoms with Gasteiger partial charge in [0.2, 0.25) is 0 Å². The lowest BCUT2D eigenvalue weighted by Crippen LogP contribution is -2.39. The highest BCUT2D eigenvalue weighted by Crippen LogP contribution is 2.43. The first-order chi connectivity index (χ1) is 15.7. The molecule has 2 aromatic rings. The van der Waals surface area contributed by atoms with Crippen LogP contribution < -0.4 is 9.64 Å². The Hall–Kier alpha value is -2.65. The lowest BCUT2D eigenvalue weighted by Gasteiger charge is -2.30. The van der Waals surface area contributed by atoms with E-state index >= 15 is 0 Å². The molecule has 0 radical (unpaired) electrons. The highest BCUT2D eigenvalue weighted by molar-refractivity contribution is 6.32. The summed E-state index contributed by atoms with van der Waals surface area (Å²) in [4.78, 5) is 27.3. The molecule has 5 rings (SSSR count). The predicted molar refractivity (Wildman–Crippen MR) is 119 cm³/mol. The van der Waals surface area contributed by atoms with Crippen LogP contribution in [0.1, 0.15) is 23.7 Å². The van der Waals surface area contributed by atoms with Gasteiger partial charge in [-0.15, -0.1) is 0 Å². The van der Waals surface area contributed by atoms with Gasteiger partial charge in [-0.2, -0.15) is 0 Å². The number of benzene rings is 2. The molecule has 0 saturated carbocycles. The van der Waals surface area contributed by atoms with Crippen molar-refractivity contribution < 1.29 is 28.6 Å². The summed E-state index contributed by atoms with van der Waals surface area (Å²) >= 11 is 12.5. The second-order valence-electron chi connectivity index (χ2n) is 8.25. The van der Waals surface area contributed by atoms with Gasteiger partial charge in [0.1, 0.15) is 17.7 Å². The Bertz CT molecular complexity index is 1190. The van der Waals surface area contributed by atoms with E-state index in [1.165, 1.54) is 24.3 Å². The third-order valence-electron chi connectivity index (χ3n) is 6.19. The molecule has 2 amide bonds. The smallest absolute Gasteiger partial charge is 0.427 e. The van der Waals surface area contributed by atoms with Gasteiger partial charge in [-0.05, 0) is 49.2 Å². The number of aliphatic hydroxyl groups is 1. The van der Waals surface area contributed by atoms with Crippen LogP contribution in [-0.2, 0) is 16.0 Å². The zero-order chi connectivity index (χ0) is 23.4. The number of halogens is 3. The molecule has 2 saturated heterocycles. The van der Waals surface area contributed by atoms with Crippen molar-refractivity contribution in [3.63, 3.8) is 0 Å². The Labute approximate surface area is 198 Å². The van der Waals surface area contributed by atoms with E-state index in [1.807, 2.05) is 0 Å².